The first-order valence-electron chi connectivity index (χ1n) is 10.3. The average Bonchev–Trinajstić information content (AvgIpc) is 3.12. The van der Waals surface area contributed by atoms with Gasteiger partial charge < -0.3 is 4.74 Å². The van der Waals surface area contributed by atoms with E-state index < -0.39 is 5.92 Å². The highest BCUT2D eigenvalue weighted by molar-refractivity contribution is 5.81. The first-order valence-corrected chi connectivity index (χ1v) is 10.3. The van der Waals surface area contributed by atoms with Gasteiger partial charge in [0, 0.05) is 11.5 Å². The molecule has 4 aromatic rings. The molecule has 154 valence electrons. The van der Waals surface area contributed by atoms with Crippen LogP contribution in [-0.2, 0) is 11.2 Å². The third-order valence-corrected chi connectivity index (χ3v) is 5.80. The summed E-state index contributed by atoms with van der Waals surface area (Å²) in [5.41, 5.74) is 4.40. The van der Waals surface area contributed by atoms with Crippen LogP contribution in [0.5, 0.6) is 5.88 Å². The molecule has 1 aliphatic heterocycles. The van der Waals surface area contributed by atoms with E-state index in [1.54, 1.807) is 16.8 Å². The van der Waals surface area contributed by atoms with Gasteiger partial charge in [-0.3, -0.25) is 4.79 Å². The normalized spacial score (nSPS) is 17.8. The van der Waals surface area contributed by atoms with Crippen LogP contribution >= 0.6 is 0 Å². The zero-order chi connectivity index (χ0) is 21.4. The molecule has 0 amide bonds. The van der Waals surface area contributed by atoms with E-state index in [1.807, 2.05) is 67.6 Å². The van der Waals surface area contributed by atoms with Gasteiger partial charge in [-0.05, 0) is 48.7 Å². The van der Waals surface area contributed by atoms with Crippen molar-refractivity contribution < 1.29 is 13.9 Å². The lowest BCUT2D eigenvalue weighted by Crippen LogP contribution is -2.34. The minimum absolute atomic E-state index is 0.283. The molecule has 0 fully saturated rings. The number of rotatable bonds is 4. The monoisotopic (exact) mass is 412 g/mol. The number of carbonyl (C=O) groups is 1. The molecule has 0 radical (unpaired) electrons. The molecule has 0 unspecified atom stereocenters. The lowest BCUT2D eigenvalue weighted by atomic mass is 9.76. The summed E-state index contributed by atoms with van der Waals surface area (Å²) >= 11 is 0. The van der Waals surface area contributed by atoms with Crippen LogP contribution in [-0.4, -0.2) is 15.7 Å². The Morgan fingerprint density at radius 2 is 1.58 bits per heavy atom. The van der Waals surface area contributed by atoms with Crippen molar-refractivity contribution in [2.24, 2.45) is 5.92 Å². The Kier molecular flexibility index (Phi) is 4.86. The Hall–Kier alpha value is -3.73. The number of hydrogen-bond donors (Lipinski definition) is 0. The fourth-order valence-corrected chi connectivity index (χ4v) is 4.37. The van der Waals surface area contributed by atoms with Crippen molar-refractivity contribution in [3.8, 4) is 11.6 Å². The highest BCUT2D eigenvalue weighted by Gasteiger charge is 2.42. The summed E-state index contributed by atoms with van der Waals surface area (Å²) in [5, 5.41) is 4.70. The molecule has 2 heterocycles. The predicted octanol–water partition coefficient (Wildman–Crippen LogP) is 5.23. The fourth-order valence-electron chi connectivity index (χ4n) is 4.37. The van der Waals surface area contributed by atoms with Crippen molar-refractivity contribution >= 4 is 5.97 Å². The Bertz CT molecular complexity index is 1220. The van der Waals surface area contributed by atoms with Crippen LogP contribution in [0, 0.1) is 18.7 Å². The molecule has 3 aromatic carbocycles. The average molecular weight is 412 g/mol. The summed E-state index contributed by atoms with van der Waals surface area (Å²) in [5.74, 6) is -0.893. The second-order valence-corrected chi connectivity index (χ2v) is 7.80. The van der Waals surface area contributed by atoms with Gasteiger partial charge >= 0.3 is 5.97 Å². The first kappa shape index (κ1) is 19.2. The fraction of sp³-hybridized carbons (Fsp3) is 0.154. The molecule has 0 aliphatic carbocycles. The summed E-state index contributed by atoms with van der Waals surface area (Å²) in [6.45, 7) is 1.92. The van der Waals surface area contributed by atoms with Crippen LogP contribution in [0.2, 0.25) is 0 Å². The van der Waals surface area contributed by atoms with Gasteiger partial charge in [0.05, 0.1) is 17.3 Å². The molecule has 0 N–H and O–H groups in total. The van der Waals surface area contributed by atoms with E-state index >= 15 is 0 Å². The molecule has 0 saturated carbocycles. The van der Waals surface area contributed by atoms with Crippen molar-refractivity contribution in [1.29, 1.82) is 0 Å². The molecule has 0 bridgehead atoms. The van der Waals surface area contributed by atoms with Crippen molar-refractivity contribution in [2.45, 2.75) is 19.3 Å². The van der Waals surface area contributed by atoms with Gasteiger partial charge in [0.15, 0.2) is 0 Å². The SMILES string of the molecule is Cc1nn(-c2ccccc2)c2c1[C@H](c1ccc(F)cc1)[C@H](Cc1ccccc1)C(=O)O2. The van der Waals surface area contributed by atoms with Gasteiger partial charge in [0.25, 0.3) is 0 Å². The third-order valence-electron chi connectivity index (χ3n) is 5.80. The van der Waals surface area contributed by atoms with Crippen LogP contribution in [0.1, 0.15) is 28.3 Å². The van der Waals surface area contributed by atoms with Crippen LogP contribution < -0.4 is 4.74 Å². The van der Waals surface area contributed by atoms with E-state index in [0.29, 0.717) is 12.3 Å². The number of nitrogens with zero attached hydrogens (tertiary/aromatic N) is 2. The number of aromatic nitrogens is 2. The number of benzene rings is 3. The minimum Gasteiger partial charge on any atom is -0.407 e. The lowest BCUT2D eigenvalue weighted by molar-refractivity contribution is -0.141. The van der Waals surface area contributed by atoms with Gasteiger partial charge in [-0.15, -0.1) is 0 Å². The van der Waals surface area contributed by atoms with Gasteiger partial charge in [-0.25, -0.2) is 9.07 Å². The molecule has 31 heavy (non-hydrogen) atoms. The molecular weight excluding hydrogens is 391 g/mol. The maximum Gasteiger partial charge on any atom is 0.316 e. The van der Waals surface area contributed by atoms with Gasteiger partial charge in [-0.1, -0.05) is 60.7 Å². The standard InChI is InChI=1S/C26H21FN2O2/c1-17-23-24(19-12-14-20(27)15-13-19)22(16-18-8-4-2-5-9-18)26(30)31-25(23)29(28-17)21-10-6-3-7-11-21/h2-15,22,24H,16H2,1H3/t22-,24+/m0/s1. The van der Waals surface area contributed by atoms with E-state index in [1.165, 1.54) is 12.1 Å². The highest BCUT2D eigenvalue weighted by Crippen LogP contribution is 2.45. The molecular formula is C26H21FN2O2. The van der Waals surface area contributed by atoms with Crippen LogP contribution in [0.25, 0.3) is 5.69 Å². The van der Waals surface area contributed by atoms with Crippen molar-refractivity contribution in [1.82, 2.24) is 9.78 Å². The van der Waals surface area contributed by atoms with Gasteiger partial charge in [-0.2, -0.15) is 5.10 Å². The van der Waals surface area contributed by atoms with E-state index in [0.717, 1.165) is 28.1 Å². The number of esters is 1. The van der Waals surface area contributed by atoms with E-state index in [4.69, 9.17) is 9.84 Å². The molecule has 5 heteroatoms. The molecule has 2 atom stereocenters. The number of para-hydroxylation sites is 1. The zero-order valence-electron chi connectivity index (χ0n) is 17.0. The topological polar surface area (TPSA) is 44.1 Å². The van der Waals surface area contributed by atoms with Crippen LogP contribution in [0.3, 0.4) is 0 Å². The first-order chi connectivity index (χ1) is 15.1. The maximum absolute atomic E-state index is 13.7. The summed E-state index contributed by atoms with van der Waals surface area (Å²) in [6, 6.07) is 25.8. The zero-order valence-corrected chi connectivity index (χ0v) is 17.0. The van der Waals surface area contributed by atoms with Crippen LogP contribution in [0.4, 0.5) is 4.39 Å². The number of carbonyl (C=O) groups excluding carboxylic acids is 1. The Balaban J connectivity index is 1.67. The Morgan fingerprint density at radius 1 is 0.935 bits per heavy atom. The number of fused-ring (bicyclic) bond motifs is 1. The molecule has 0 spiro atoms. The van der Waals surface area contributed by atoms with E-state index in [-0.39, 0.29) is 17.7 Å². The minimum atomic E-state index is -0.438. The molecule has 5 rings (SSSR count). The highest BCUT2D eigenvalue weighted by atomic mass is 19.1. The number of hydrogen-bond acceptors (Lipinski definition) is 3. The van der Waals surface area contributed by atoms with Crippen LogP contribution in [0.15, 0.2) is 84.9 Å². The number of ether oxygens (including phenoxy) is 1. The molecule has 1 aliphatic rings. The van der Waals surface area contributed by atoms with Crippen molar-refractivity contribution in [2.75, 3.05) is 0 Å². The summed E-state index contributed by atoms with van der Waals surface area (Å²) in [6.07, 6.45) is 0.525. The quantitative estimate of drug-likeness (QED) is 0.431. The van der Waals surface area contributed by atoms with Gasteiger partial charge in [0.2, 0.25) is 5.88 Å². The smallest absolute Gasteiger partial charge is 0.316 e. The predicted molar refractivity (Wildman–Crippen MR) is 116 cm³/mol. The molecule has 1 aromatic heterocycles. The summed E-state index contributed by atoms with van der Waals surface area (Å²) in [4.78, 5) is 13.3. The lowest BCUT2D eigenvalue weighted by Gasteiger charge is -2.31. The van der Waals surface area contributed by atoms with E-state index in [2.05, 4.69) is 0 Å². The second-order valence-electron chi connectivity index (χ2n) is 7.80. The second kappa shape index (κ2) is 7.84. The largest absolute Gasteiger partial charge is 0.407 e. The maximum atomic E-state index is 13.7. The Morgan fingerprint density at radius 3 is 2.26 bits per heavy atom. The summed E-state index contributed by atoms with van der Waals surface area (Å²) < 4.78 is 21.2. The summed E-state index contributed by atoms with van der Waals surface area (Å²) in [7, 11) is 0. The molecule has 0 saturated heterocycles. The Labute approximate surface area is 179 Å². The van der Waals surface area contributed by atoms with Crippen molar-refractivity contribution in [3.05, 3.63) is 113 Å². The van der Waals surface area contributed by atoms with Crippen molar-refractivity contribution in [3.63, 3.8) is 0 Å². The number of halogens is 1. The molecule has 4 nitrogen and oxygen atoms in total. The van der Waals surface area contributed by atoms with E-state index in [9.17, 15) is 9.18 Å². The van der Waals surface area contributed by atoms with Gasteiger partial charge in [0.1, 0.15) is 5.82 Å². The number of aryl methyl sites for hydroxylation is 1. The third kappa shape index (κ3) is 3.52.